The summed E-state index contributed by atoms with van der Waals surface area (Å²) in [6.07, 6.45) is 5.50. The standard InChI is InChI=1S/C25H27N7O/c1-17(2)23(32-29-24(28-30-32)18-9-4-3-5-10-18)25(33)26-20-12-8-11-19(15-20)21-16-31-14-7-6-13-22(31)27-21/h3-5,8-12,15-17,23H,6-7,13-14H2,1-2H3,(H,26,33). The Morgan fingerprint density at radius 3 is 2.64 bits per heavy atom. The quantitative estimate of drug-likeness (QED) is 0.480. The molecule has 4 aromatic rings. The number of hydrogen-bond acceptors (Lipinski definition) is 5. The summed E-state index contributed by atoms with van der Waals surface area (Å²) in [5.74, 6) is 1.44. The minimum Gasteiger partial charge on any atom is -0.334 e. The largest absolute Gasteiger partial charge is 0.334 e. The van der Waals surface area contributed by atoms with Crippen LogP contribution in [0.5, 0.6) is 0 Å². The van der Waals surface area contributed by atoms with Gasteiger partial charge in [0.25, 0.3) is 5.91 Å². The summed E-state index contributed by atoms with van der Waals surface area (Å²) in [7, 11) is 0. The molecule has 0 radical (unpaired) electrons. The second kappa shape index (κ2) is 8.97. The van der Waals surface area contributed by atoms with E-state index in [0.717, 1.165) is 41.3 Å². The number of hydrogen-bond donors (Lipinski definition) is 1. The van der Waals surface area contributed by atoms with Crippen LogP contribution in [0.15, 0.2) is 60.8 Å². The first-order valence-corrected chi connectivity index (χ1v) is 11.4. The molecule has 3 heterocycles. The molecule has 0 saturated carbocycles. The number of carbonyl (C=O) groups is 1. The van der Waals surface area contributed by atoms with E-state index in [-0.39, 0.29) is 11.8 Å². The van der Waals surface area contributed by atoms with E-state index in [1.54, 1.807) is 0 Å². The van der Waals surface area contributed by atoms with Gasteiger partial charge in [0.15, 0.2) is 6.04 Å². The lowest BCUT2D eigenvalue weighted by Crippen LogP contribution is -2.31. The minimum absolute atomic E-state index is 0.0223. The molecule has 2 aromatic heterocycles. The Hall–Kier alpha value is -3.81. The molecule has 0 bridgehead atoms. The van der Waals surface area contributed by atoms with Gasteiger partial charge in [-0.2, -0.15) is 4.80 Å². The number of tetrazole rings is 1. The molecule has 0 aliphatic carbocycles. The van der Waals surface area contributed by atoms with Crippen LogP contribution in [0, 0.1) is 5.92 Å². The zero-order chi connectivity index (χ0) is 22.8. The molecule has 8 nitrogen and oxygen atoms in total. The summed E-state index contributed by atoms with van der Waals surface area (Å²) >= 11 is 0. The van der Waals surface area contributed by atoms with Crippen molar-refractivity contribution in [3.05, 3.63) is 66.6 Å². The molecule has 168 valence electrons. The van der Waals surface area contributed by atoms with Gasteiger partial charge in [0.2, 0.25) is 5.82 Å². The molecule has 8 heteroatoms. The summed E-state index contributed by atoms with van der Waals surface area (Å²) in [5, 5.41) is 15.9. The van der Waals surface area contributed by atoms with E-state index >= 15 is 0 Å². The summed E-state index contributed by atoms with van der Waals surface area (Å²) < 4.78 is 2.24. The number of amides is 1. The monoisotopic (exact) mass is 441 g/mol. The van der Waals surface area contributed by atoms with Crippen molar-refractivity contribution in [2.45, 2.75) is 45.7 Å². The first kappa shape index (κ1) is 21.1. The Bertz CT molecular complexity index is 1240. The highest BCUT2D eigenvalue weighted by Gasteiger charge is 2.27. The van der Waals surface area contributed by atoms with Crippen molar-refractivity contribution in [1.82, 2.24) is 29.8 Å². The molecule has 5 rings (SSSR count). The number of nitrogens with zero attached hydrogens (tertiary/aromatic N) is 6. The second-order valence-corrected chi connectivity index (χ2v) is 8.75. The molecular weight excluding hydrogens is 414 g/mol. The normalized spacial score (nSPS) is 14.2. The van der Waals surface area contributed by atoms with E-state index in [1.807, 2.05) is 68.4 Å². The van der Waals surface area contributed by atoms with Crippen molar-refractivity contribution in [2.24, 2.45) is 5.92 Å². The van der Waals surface area contributed by atoms with Gasteiger partial charge in [0.05, 0.1) is 5.69 Å². The van der Waals surface area contributed by atoms with Crippen molar-refractivity contribution < 1.29 is 4.79 Å². The van der Waals surface area contributed by atoms with E-state index in [9.17, 15) is 4.79 Å². The molecule has 1 N–H and O–H groups in total. The van der Waals surface area contributed by atoms with Crippen LogP contribution in [0.2, 0.25) is 0 Å². The van der Waals surface area contributed by atoms with Gasteiger partial charge in [-0.1, -0.05) is 56.3 Å². The molecular formula is C25H27N7O. The summed E-state index contributed by atoms with van der Waals surface area (Å²) in [5.41, 5.74) is 3.51. The van der Waals surface area contributed by atoms with Crippen molar-refractivity contribution in [2.75, 3.05) is 5.32 Å². The topological polar surface area (TPSA) is 90.5 Å². The van der Waals surface area contributed by atoms with Crippen LogP contribution in [-0.2, 0) is 17.8 Å². The van der Waals surface area contributed by atoms with Gasteiger partial charge in [0, 0.05) is 36.0 Å². The number of aryl methyl sites for hydroxylation is 2. The minimum atomic E-state index is -0.585. The van der Waals surface area contributed by atoms with Crippen LogP contribution < -0.4 is 5.32 Å². The van der Waals surface area contributed by atoms with Gasteiger partial charge in [0.1, 0.15) is 5.82 Å². The molecule has 2 aromatic carbocycles. The number of aromatic nitrogens is 6. The Morgan fingerprint density at radius 2 is 1.85 bits per heavy atom. The lowest BCUT2D eigenvalue weighted by Gasteiger charge is -2.19. The van der Waals surface area contributed by atoms with Crippen LogP contribution >= 0.6 is 0 Å². The number of nitrogens with one attached hydrogen (secondary N) is 1. The van der Waals surface area contributed by atoms with E-state index in [1.165, 1.54) is 17.6 Å². The van der Waals surface area contributed by atoms with Gasteiger partial charge in [-0.3, -0.25) is 4.79 Å². The molecule has 1 amide bonds. The fourth-order valence-corrected chi connectivity index (χ4v) is 4.24. The van der Waals surface area contributed by atoms with Crippen LogP contribution in [0.25, 0.3) is 22.6 Å². The van der Waals surface area contributed by atoms with E-state index in [2.05, 4.69) is 31.5 Å². The summed E-state index contributed by atoms with van der Waals surface area (Å²) in [6, 6.07) is 16.9. The van der Waals surface area contributed by atoms with Gasteiger partial charge < -0.3 is 9.88 Å². The molecule has 1 aliphatic rings. The maximum absolute atomic E-state index is 13.2. The smallest absolute Gasteiger partial charge is 0.251 e. The predicted octanol–water partition coefficient (Wildman–Crippen LogP) is 4.38. The number of rotatable bonds is 6. The number of anilines is 1. The summed E-state index contributed by atoms with van der Waals surface area (Å²) in [4.78, 5) is 19.5. The highest BCUT2D eigenvalue weighted by molar-refractivity contribution is 5.94. The third-order valence-corrected chi connectivity index (χ3v) is 5.94. The Labute approximate surface area is 192 Å². The maximum Gasteiger partial charge on any atom is 0.251 e. The second-order valence-electron chi connectivity index (χ2n) is 8.75. The lowest BCUT2D eigenvalue weighted by molar-refractivity contribution is -0.121. The zero-order valence-corrected chi connectivity index (χ0v) is 18.8. The average Bonchev–Trinajstić information content (AvgIpc) is 3.47. The van der Waals surface area contributed by atoms with Crippen LogP contribution in [0.1, 0.15) is 38.6 Å². The molecule has 0 spiro atoms. The third kappa shape index (κ3) is 4.41. The van der Waals surface area contributed by atoms with E-state index in [0.29, 0.717) is 5.82 Å². The molecule has 1 aliphatic heterocycles. The van der Waals surface area contributed by atoms with Gasteiger partial charge in [-0.15, -0.1) is 10.2 Å². The van der Waals surface area contributed by atoms with Gasteiger partial charge in [-0.05, 0) is 36.1 Å². The van der Waals surface area contributed by atoms with E-state index in [4.69, 9.17) is 4.98 Å². The van der Waals surface area contributed by atoms with Crippen molar-refractivity contribution >= 4 is 11.6 Å². The van der Waals surface area contributed by atoms with Gasteiger partial charge in [-0.25, -0.2) is 4.98 Å². The molecule has 0 saturated heterocycles. The highest BCUT2D eigenvalue weighted by Crippen LogP contribution is 2.26. The zero-order valence-electron chi connectivity index (χ0n) is 18.8. The summed E-state index contributed by atoms with van der Waals surface area (Å²) in [6.45, 7) is 4.97. The number of benzene rings is 2. The van der Waals surface area contributed by atoms with Crippen molar-refractivity contribution in [3.8, 4) is 22.6 Å². The fourth-order valence-electron chi connectivity index (χ4n) is 4.24. The van der Waals surface area contributed by atoms with Crippen LogP contribution in [0.4, 0.5) is 5.69 Å². The van der Waals surface area contributed by atoms with Gasteiger partial charge >= 0.3 is 0 Å². The first-order valence-electron chi connectivity index (χ1n) is 11.4. The lowest BCUT2D eigenvalue weighted by atomic mass is 10.0. The Kier molecular flexibility index (Phi) is 5.73. The Balaban J connectivity index is 1.36. The number of carbonyl (C=O) groups excluding carboxylic acids is 1. The first-order chi connectivity index (χ1) is 16.1. The van der Waals surface area contributed by atoms with E-state index < -0.39 is 6.04 Å². The average molecular weight is 442 g/mol. The highest BCUT2D eigenvalue weighted by atomic mass is 16.2. The molecule has 1 atom stereocenters. The SMILES string of the molecule is CC(C)C(C(=O)Nc1cccc(-c2cn3c(n2)CCCC3)c1)n1nnc(-c2ccccc2)n1. The van der Waals surface area contributed by atoms with Crippen molar-refractivity contribution in [3.63, 3.8) is 0 Å². The number of imidazole rings is 1. The fraction of sp³-hybridized carbons (Fsp3) is 0.320. The third-order valence-electron chi connectivity index (χ3n) is 5.94. The Morgan fingerprint density at radius 1 is 1.03 bits per heavy atom. The predicted molar refractivity (Wildman–Crippen MR) is 126 cm³/mol. The van der Waals surface area contributed by atoms with Crippen LogP contribution in [-0.4, -0.2) is 35.7 Å². The van der Waals surface area contributed by atoms with Crippen molar-refractivity contribution in [1.29, 1.82) is 0 Å². The maximum atomic E-state index is 13.2. The molecule has 1 unspecified atom stereocenters. The van der Waals surface area contributed by atoms with Crippen LogP contribution in [0.3, 0.4) is 0 Å². The molecule has 0 fully saturated rings. The molecule has 33 heavy (non-hydrogen) atoms. The number of fused-ring (bicyclic) bond motifs is 1.